The Hall–Kier alpha value is -1.05. The third kappa shape index (κ3) is 6.78. The monoisotopic (exact) mass is 476 g/mol. The largest absolute Gasteiger partial charge is 0.759 e. The molecule has 1 heterocycles. The molecule has 0 amide bonds. The molecule has 0 aliphatic carbocycles. The van der Waals surface area contributed by atoms with E-state index in [-0.39, 0.29) is 19.7 Å². The molecule has 1 aliphatic heterocycles. The molecule has 1 aliphatic rings. The number of cyclic esters (lactones) is 1. The average Bonchev–Trinajstić information content (AvgIpc) is 2.94. The summed E-state index contributed by atoms with van der Waals surface area (Å²) in [5.74, 6) is -2.81. The van der Waals surface area contributed by atoms with E-state index in [0.717, 1.165) is 0 Å². The third-order valence-electron chi connectivity index (χ3n) is 3.30. The second-order valence-corrected chi connectivity index (χ2v) is 11.3. The van der Waals surface area contributed by atoms with E-state index >= 15 is 0 Å². The van der Waals surface area contributed by atoms with Crippen LogP contribution in [-0.2, 0) is 39.6 Å². The van der Waals surface area contributed by atoms with Crippen LogP contribution in [0, 0.1) is 5.21 Å². The molecule has 1 fully saturated rings. The van der Waals surface area contributed by atoms with Gasteiger partial charge in [-0.15, -0.1) is 0 Å². The van der Waals surface area contributed by atoms with Crippen LogP contribution in [0.5, 0.6) is 0 Å². The molecule has 0 aromatic heterocycles. The van der Waals surface area contributed by atoms with Gasteiger partial charge in [-0.2, -0.15) is 17.0 Å². The highest BCUT2D eigenvalue weighted by molar-refractivity contribution is 8.04. The summed E-state index contributed by atoms with van der Waals surface area (Å²) in [4.78, 5) is 11.2. The smallest absolute Gasteiger partial charge is 0.511 e. The van der Waals surface area contributed by atoms with Gasteiger partial charge in [-0.1, -0.05) is 0 Å². The van der Waals surface area contributed by atoms with Crippen molar-refractivity contribution in [3.8, 4) is 0 Å². The number of alkyl halides is 3. The Balaban J connectivity index is 2.46. The fraction of sp³-hybridized carbons (Fsp3) is 0.900. The molecular weight excluding hydrogens is 459 g/mol. The van der Waals surface area contributed by atoms with Gasteiger partial charge in [-0.25, -0.2) is 30.0 Å². The van der Waals surface area contributed by atoms with Gasteiger partial charge in [0.15, 0.2) is 0 Å². The summed E-state index contributed by atoms with van der Waals surface area (Å²) >= 11 is 0. The quantitative estimate of drug-likeness (QED) is 0.196. The normalized spacial score (nSPS) is 19.2. The zero-order chi connectivity index (χ0) is 21.8. The van der Waals surface area contributed by atoms with Gasteiger partial charge in [0.25, 0.3) is 0 Å². The minimum absolute atomic E-state index is 0.0372. The number of hydrogen-bond acceptors (Lipinski definition) is 10. The summed E-state index contributed by atoms with van der Waals surface area (Å²) in [7, 11) is -16.2. The van der Waals surface area contributed by atoms with Gasteiger partial charge < -0.3 is 15.3 Å². The van der Waals surface area contributed by atoms with Crippen molar-refractivity contribution in [1.82, 2.24) is 13.9 Å². The lowest BCUT2D eigenvalue weighted by Gasteiger charge is -2.27. The van der Waals surface area contributed by atoms with E-state index in [4.69, 9.17) is 0 Å². The van der Waals surface area contributed by atoms with Gasteiger partial charge in [-0.3, -0.25) is 4.79 Å². The lowest BCUT2D eigenvalue weighted by atomic mass is 10.2. The van der Waals surface area contributed by atoms with Crippen LogP contribution in [0.2, 0.25) is 0 Å². The van der Waals surface area contributed by atoms with E-state index in [1.54, 1.807) is 0 Å². The molecule has 0 bridgehead atoms. The number of halogens is 3. The first-order chi connectivity index (χ1) is 12.6. The third-order valence-corrected chi connectivity index (χ3v) is 8.28. The average molecular weight is 476 g/mol. The minimum Gasteiger partial charge on any atom is -0.759 e. The maximum atomic E-state index is 12.2. The zero-order valence-electron chi connectivity index (χ0n) is 14.0. The molecule has 18 heteroatoms. The SMILES string of the molecule is O=C1OCCC1NCCNS(=O)(=O)CCCS(=O)(=O)N([O-])S(=O)(=O)C(F)(F)F. The number of nitrogens with zero attached hydrogens (tertiary/aromatic N) is 1. The number of carbonyl (C=O) groups is 1. The predicted octanol–water partition coefficient (Wildman–Crippen LogP) is -1.82. The summed E-state index contributed by atoms with van der Waals surface area (Å²) in [6.07, 6.45) is -0.415. The zero-order valence-corrected chi connectivity index (χ0v) is 16.5. The molecule has 0 aromatic rings. The van der Waals surface area contributed by atoms with Crippen LogP contribution in [0.3, 0.4) is 0 Å². The summed E-state index contributed by atoms with van der Waals surface area (Å²) in [6, 6.07) is -0.576. The van der Waals surface area contributed by atoms with Gasteiger partial charge >= 0.3 is 21.5 Å². The van der Waals surface area contributed by atoms with Gasteiger partial charge in [0, 0.05) is 19.5 Å². The topological polar surface area (TPSA) is 179 Å². The number of rotatable bonds is 11. The van der Waals surface area contributed by atoms with Crippen molar-refractivity contribution in [3.63, 3.8) is 0 Å². The van der Waals surface area contributed by atoms with Crippen LogP contribution in [0.25, 0.3) is 0 Å². The van der Waals surface area contributed by atoms with Crippen LogP contribution in [0.15, 0.2) is 0 Å². The molecule has 1 unspecified atom stereocenters. The van der Waals surface area contributed by atoms with Gasteiger partial charge in [0.1, 0.15) is 6.04 Å². The van der Waals surface area contributed by atoms with Crippen molar-refractivity contribution in [1.29, 1.82) is 0 Å². The fourth-order valence-electron chi connectivity index (χ4n) is 1.95. The highest BCUT2D eigenvalue weighted by Gasteiger charge is 2.50. The van der Waals surface area contributed by atoms with Crippen LogP contribution in [-0.4, -0.2) is 77.8 Å². The minimum atomic E-state index is -6.65. The molecule has 0 aromatic carbocycles. The Morgan fingerprint density at radius 2 is 1.71 bits per heavy atom. The first kappa shape index (κ1) is 25.0. The van der Waals surface area contributed by atoms with Crippen molar-refractivity contribution < 1.29 is 48.0 Å². The number of hydrogen-bond donors (Lipinski definition) is 2. The van der Waals surface area contributed by atoms with Crippen LogP contribution in [0.4, 0.5) is 13.2 Å². The molecule has 0 spiro atoms. The van der Waals surface area contributed by atoms with Crippen LogP contribution >= 0.6 is 0 Å². The van der Waals surface area contributed by atoms with Gasteiger partial charge in [0.2, 0.25) is 20.0 Å². The Morgan fingerprint density at radius 3 is 2.21 bits per heavy atom. The first-order valence-corrected chi connectivity index (χ1v) is 12.2. The molecule has 28 heavy (non-hydrogen) atoms. The molecule has 1 rings (SSSR count). The molecular formula is C10H17F3N3O9S3-. The summed E-state index contributed by atoms with van der Waals surface area (Å²) < 4.78 is 109. The number of nitrogens with one attached hydrogen (secondary N) is 2. The highest BCUT2D eigenvalue weighted by atomic mass is 32.3. The van der Waals surface area contributed by atoms with Crippen LogP contribution in [0.1, 0.15) is 12.8 Å². The van der Waals surface area contributed by atoms with E-state index in [2.05, 4.69) is 10.1 Å². The maximum Gasteiger partial charge on any atom is 0.511 e. The summed E-state index contributed by atoms with van der Waals surface area (Å²) in [5.41, 5.74) is -6.12. The molecule has 2 N–H and O–H groups in total. The molecule has 12 nitrogen and oxygen atoms in total. The van der Waals surface area contributed by atoms with Crippen molar-refractivity contribution in [2.45, 2.75) is 24.4 Å². The number of sulfonamides is 3. The van der Waals surface area contributed by atoms with E-state index in [1.165, 1.54) is 0 Å². The first-order valence-electron chi connectivity index (χ1n) is 7.49. The predicted molar refractivity (Wildman–Crippen MR) is 87.7 cm³/mol. The van der Waals surface area contributed by atoms with Gasteiger partial charge in [-0.05, 0) is 6.42 Å². The van der Waals surface area contributed by atoms with Crippen molar-refractivity contribution in [2.75, 3.05) is 31.2 Å². The van der Waals surface area contributed by atoms with Crippen LogP contribution < -0.4 is 10.0 Å². The number of esters is 1. The Morgan fingerprint density at radius 1 is 1.11 bits per heavy atom. The van der Waals surface area contributed by atoms with E-state index in [0.29, 0.717) is 6.42 Å². The summed E-state index contributed by atoms with van der Waals surface area (Å²) in [5, 5.41) is 13.8. The lowest BCUT2D eigenvalue weighted by molar-refractivity contribution is -0.139. The lowest BCUT2D eigenvalue weighted by Crippen LogP contribution is -2.42. The fourth-order valence-corrected chi connectivity index (χ4v) is 5.71. The number of carbonyl (C=O) groups excluding carboxylic acids is 1. The molecule has 166 valence electrons. The Labute approximate surface area is 159 Å². The highest BCUT2D eigenvalue weighted by Crippen LogP contribution is 2.28. The van der Waals surface area contributed by atoms with E-state index in [9.17, 15) is 48.4 Å². The number of ether oxygens (including phenoxy) is 1. The van der Waals surface area contributed by atoms with E-state index in [1.807, 2.05) is 4.72 Å². The van der Waals surface area contributed by atoms with Crippen molar-refractivity contribution in [3.05, 3.63) is 5.21 Å². The molecule has 1 saturated heterocycles. The second kappa shape index (κ2) is 9.18. The molecule has 0 radical (unpaired) electrons. The van der Waals surface area contributed by atoms with E-state index < -0.39 is 69.4 Å². The molecule has 1 atom stereocenters. The maximum absolute atomic E-state index is 12.2. The Kier molecular flexibility index (Phi) is 8.19. The molecule has 0 saturated carbocycles. The second-order valence-electron chi connectivity index (χ2n) is 5.46. The van der Waals surface area contributed by atoms with Crippen molar-refractivity contribution in [2.24, 2.45) is 0 Å². The van der Waals surface area contributed by atoms with Crippen molar-refractivity contribution >= 4 is 36.0 Å². The van der Waals surface area contributed by atoms with Gasteiger partial charge in [0.05, 0.1) is 18.1 Å². The Bertz CT molecular complexity index is 871. The standard InChI is InChI=1S/C10H17F3N3O9S3/c11-10(12,13)28(23,24)16(18)27(21,22)7-1-6-26(19,20)15-4-3-14-8-2-5-25-9(8)17/h8,14-15H,1-7H2/q-1. The summed E-state index contributed by atoms with van der Waals surface area (Å²) in [6.45, 7) is 0.0853.